The number of fused-ring (bicyclic) bond motifs is 3. The van der Waals surface area contributed by atoms with E-state index in [1.54, 1.807) is 10.8 Å². The number of rotatable bonds is 6. The Balaban J connectivity index is 1.28. The number of aliphatic hydroxyl groups is 1. The van der Waals surface area contributed by atoms with Gasteiger partial charge in [0.15, 0.2) is 5.60 Å². The lowest BCUT2D eigenvalue weighted by Gasteiger charge is -2.34. The van der Waals surface area contributed by atoms with E-state index in [-0.39, 0.29) is 23.8 Å². The van der Waals surface area contributed by atoms with Crippen LogP contribution < -0.4 is 4.74 Å². The first kappa shape index (κ1) is 22.6. The highest BCUT2D eigenvalue weighted by Gasteiger charge is 2.54. The van der Waals surface area contributed by atoms with Crippen molar-refractivity contribution in [1.29, 1.82) is 0 Å². The van der Waals surface area contributed by atoms with E-state index in [9.17, 15) is 18.3 Å². The van der Waals surface area contributed by atoms with E-state index < -0.39 is 11.8 Å². The first-order valence-electron chi connectivity index (χ1n) is 11.4. The molecular formula is C24H26F3N5O2. The largest absolute Gasteiger partial charge is 0.497 e. The molecule has 4 aromatic rings. The highest BCUT2D eigenvalue weighted by molar-refractivity contribution is 5.92. The van der Waals surface area contributed by atoms with Gasteiger partial charge in [0, 0.05) is 17.5 Å². The van der Waals surface area contributed by atoms with E-state index >= 15 is 0 Å². The third-order valence-corrected chi connectivity index (χ3v) is 7.18. The van der Waals surface area contributed by atoms with Gasteiger partial charge in [-0.2, -0.15) is 13.2 Å². The summed E-state index contributed by atoms with van der Waals surface area (Å²) in [6.07, 6.45) is 1.81. The number of ether oxygens (including phenoxy) is 1. The molecule has 7 nitrogen and oxygen atoms in total. The van der Waals surface area contributed by atoms with Crippen molar-refractivity contribution in [3.8, 4) is 5.75 Å². The molecule has 0 spiro atoms. The Bertz CT molecular complexity index is 1280. The van der Waals surface area contributed by atoms with E-state index in [0.717, 1.165) is 47.9 Å². The summed E-state index contributed by atoms with van der Waals surface area (Å²) >= 11 is 0. The number of methoxy groups -OCH3 is 1. The summed E-state index contributed by atoms with van der Waals surface area (Å²) < 4.78 is 48.5. The topological polar surface area (TPSA) is 88.3 Å². The second kappa shape index (κ2) is 8.57. The number of hydrogen-bond acceptors (Lipinski definition) is 5. The number of aromatic nitrogens is 5. The number of aromatic amines is 1. The summed E-state index contributed by atoms with van der Waals surface area (Å²) in [6.45, 7) is 0. The molecule has 5 rings (SSSR count). The number of benzene rings is 1. The number of halogens is 3. The fraction of sp³-hybridized carbons (Fsp3) is 0.458. The van der Waals surface area contributed by atoms with E-state index in [0.29, 0.717) is 12.2 Å². The average Bonchev–Trinajstić information content (AvgIpc) is 3.49. The third kappa shape index (κ3) is 3.89. The van der Waals surface area contributed by atoms with Gasteiger partial charge < -0.3 is 14.8 Å². The second-order valence-corrected chi connectivity index (χ2v) is 9.10. The fourth-order valence-corrected chi connectivity index (χ4v) is 5.15. The van der Waals surface area contributed by atoms with Crippen molar-refractivity contribution in [3.63, 3.8) is 0 Å². The van der Waals surface area contributed by atoms with Crippen LogP contribution in [-0.4, -0.2) is 43.2 Å². The van der Waals surface area contributed by atoms with Gasteiger partial charge in [-0.05, 0) is 68.2 Å². The number of nitrogens with one attached hydrogen (secondary N) is 1. The van der Waals surface area contributed by atoms with Gasteiger partial charge >= 0.3 is 6.18 Å². The third-order valence-electron chi connectivity index (χ3n) is 7.18. The van der Waals surface area contributed by atoms with E-state index in [2.05, 4.69) is 20.3 Å². The maximum absolute atomic E-state index is 13.9. The van der Waals surface area contributed by atoms with Crippen LogP contribution in [0.3, 0.4) is 0 Å². The highest BCUT2D eigenvalue weighted by atomic mass is 19.4. The SMILES string of the molecule is COc1ccc(C(O)(CCC2CCC(c3nnn4cnc5[nH]ccc5c34)CC2)C(F)(F)F)cc1. The summed E-state index contributed by atoms with van der Waals surface area (Å²) in [5, 5.41) is 20.3. The highest BCUT2D eigenvalue weighted by Crippen LogP contribution is 2.46. The number of nitrogens with zero attached hydrogens (tertiary/aromatic N) is 4. The van der Waals surface area contributed by atoms with Gasteiger partial charge in [-0.3, -0.25) is 0 Å². The molecule has 1 unspecified atom stereocenters. The molecule has 0 saturated heterocycles. The summed E-state index contributed by atoms with van der Waals surface area (Å²) in [5.41, 5.74) is -0.424. The number of hydrogen-bond donors (Lipinski definition) is 2. The minimum atomic E-state index is -4.77. The molecule has 1 aliphatic rings. The molecule has 0 radical (unpaired) electrons. The lowest BCUT2D eigenvalue weighted by atomic mass is 9.76. The van der Waals surface area contributed by atoms with Gasteiger partial charge in [-0.15, -0.1) is 5.10 Å². The van der Waals surface area contributed by atoms with Gasteiger partial charge in [0.05, 0.1) is 12.8 Å². The Morgan fingerprint density at radius 3 is 2.53 bits per heavy atom. The molecule has 1 fully saturated rings. The normalized spacial score (nSPS) is 21.1. The van der Waals surface area contributed by atoms with E-state index in [1.165, 1.54) is 31.4 Å². The first-order chi connectivity index (χ1) is 16.3. The van der Waals surface area contributed by atoms with Crippen LogP contribution in [0.5, 0.6) is 5.75 Å². The zero-order valence-corrected chi connectivity index (χ0v) is 18.7. The Hall–Kier alpha value is -3.14. The molecular weight excluding hydrogens is 447 g/mol. The van der Waals surface area contributed by atoms with Crippen molar-refractivity contribution in [2.75, 3.05) is 7.11 Å². The number of alkyl halides is 3. The summed E-state index contributed by atoms with van der Waals surface area (Å²) in [7, 11) is 1.45. The summed E-state index contributed by atoms with van der Waals surface area (Å²) in [5.74, 6) is 0.747. The van der Waals surface area contributed by atoms with Crippen LogP contribution >= 0.6 is 0 Å². The van der Waals surface area contributed by atoms with Crippen molar-refractivity contribution in [3.05, 3.63) is 54.1 Å². The minimum Gasteiger partial charge on any atom is -0.497 e. The standard InChI is InChI=1S/C24H26F3N5O2/c1-34-18-8-6-17(7-9-18)23(33,24(25,26)27)12-10-15-2-4-16(5-3-15)20-21-19-11-13-28-22(19)29-14-32(21)31-30-20/h6-9,11,13-16,28,33H,2-5,10,12H2,1H3. The van der Waals surface area contributed by atoms with Gasteiger partial charge in [-0.25, -0.2) is 9.50 Å². The Labute approximate surface area is 194 Å². The smallest absolute Gasteiger partial charge is 0.421 e. The van der Waals surface area contributed by atoms with Crippen LogP contribution in [0.15, 0.2) is 42.9 Å². The van der Waals surface area contributed by atoms with E-state index in [1.807, 2.05) is 12.3 Å². The van der Waals surface area contributed by atoms with Crippen LogP contribution in [-0.2, 0) is 5.60 Å². The van der Waals surface area contributed by atoms with Crippen LogP contribution in [0.1, 0.15) is 55.7 Å². The number of H-pyrrole nitrogens is 1. The molecule has 2 N–H and O–H groups in total. The summed E-state index contributed by atoms with van der Waals surface area (Å²) in [4.78, 5) is 7.42. The maximum Gasteiger partial charge on any atom is 0.421 e. The summed E-state index contributed by atoms with van der Waals surface area (Å²) in [6, 6.07) is 7.41. The first-order valence-corrected chi connectivity index (χ1v) is 11.4. The fourth-order valence-electron chi connectivity index (χ4n) is 5.15. The zero-order valence-electron chi connectivity index (χ0n) is 18.7. The monoisotopic (exact) mass is 473 g/mol. The van der Waals surface area contributed by atoms with Gasteiger partial charge in [0.2, 0.25) is 0 Å². The van der Waals surface area contributed by atoms with Crippen molar-refractivity contribution in [2.24, 2.45) is 5.92 Å². The molecule has 1 aromatic carbocycles. The van der Waals surface area contributed by atoms with Crippen molar-refractivity contribution >= 4 is 16.6 Å². The van der Waals surface area contributed by atoms with Gasteiger partial charge in [0.1, 0.15) is 23.2 Å². The minimum absolute atomic E-state index is 0.110. The predicted molar refractivity (Wildman–Crippen MR) is 120 cm³/mol. The Kier molecular flexibility index (Phi) is 5.71. The average molecular weight is 473 g/mol. The van der Waals surface area contributed by atoms with Crippen LogP contribution in [0, 0.1) is 5.92 Å². The van der Waals surface area contributed by atoms with Crippen LogP contribution in [0.2, 0.25) is 0 Å². The molecule has 3 aromatic heterocycles. The quantitative estimate of drug-likeness (QED) is 0.406. The Morgan fingerprint density at radius 1 is 1.12 bits per heavy atom. The molecule has 10 heteroatoms. The lowest BCUT2D eigenvalue weighted by molar-refractivity contribution is -0.270. The molecule has 3 heterocycles. The van der Waals surface area contributed by atoms with Crippen LogP contribution in [0.25, 0.3) is 16.6 Å². The molecule has 0 bridgehead atoms. The molecule has 0 amide bonds. The van der Waals surface area contributed by atoms with Crippen LogP contribution in [0.4, 0.5) is 13.2 Å². The maximum atomic E-state index is 13.9. The molecule has 0 aliphatic heterocycles. The zero-order chi connectivity index (χ0) is 23.9. The van der Waals surface area contributed by atoms with E-state index in [4.69, 9.17) is 4.74 Å². The molecule has 1 saturated carbocycles. The predicted octanol–water partition coefficient (Wildman–Crippen LogP) is 5.12. The lowest BCUT2D eigenvalue weighted by Crippen LogP contribution is -2.42. The Morgan fingerprint density at radius 2 is 1.85 bits per heavy atom. The molecule has 1 aliphatic carbocycles. The van der Waals surface area contributed by atoms with Crippen molar-refractivity contribution in [1.82, 2.24) is 24.8 Å². The molecule has 180 valence electrons. The van der Waals surface area contributed by atoms with Crippen molar-refractivity contribution < 1.29 is 23.0 Å². The van der Waals surface area contributed by atoms with Gasteiger partial charge in [-0.1, -0.05) is 17.3 Å². The molecule has 1 atom stereocenters. The second-order valence-electron chi connectivity index (χ2n) is 9.10. The van der Waals surface area contributed by atoms with Gasteiger partial charge in [0.25, 0.3) is 0 Å². The molecule has 34 heavy (non-hydrogen) atoms. The van der Waals surface area contributed by atoms with Crippen molar-refractivity contribution in [2.45, 2.75) is 56.2 Å².